The third-order valence-electron chi connectivity index (χ3n) is 3.25. The number of unbranched alkanes of at least 4 members (excludes halogenated alkanes) is 2. The van der Waals surface area contributed by atoms with Crippen LogP contribution in [0.25, 0.3) is 0 Å². The van der Waals surface area contributed by atoms with E-state index in [4.69, 9.17) is 4.74 Å². The summed E-state index contributed by atoms with van der Waals surface area (Å²) in [6.07, 6.45) is 10.5. The van der Waals surface area contributed by atoms with E-state index in [2.05, 4.69) is 6.92 Å². The number of rotatable bonds is 5. The Hall–Kier alpha value is -0.0800. The molecule has 2 atom stereocenters. The summed E-state index contributed by atoms with van der Waals surface area (Å²) in [4.78, 5) is 0. The fourth-order valence-corrected chi connectivity index (χ4v) is 2.21. The Morgan fingerprint density at radius 3 is 2.53 bits per heavy atom. The number of aliphatic hydroxyl groups is 1. The van der Waals surface area contributed by atoms with Crippen LogP contribution in [-0.4, -0.2) is 23.9 Å². The molecule has 1 rings (SSSR count). The van der Waals surface area contributed by atoms with E-state index >= 15 is 0 Å². The van der Waals surface area contributed by atoms with Crippen molar-refractivity contribution in [2.75, 3.05) is 6.61 Å². The van der Waals surface area contributed by atoms with Crippen LogP contribution in [-0.2, 0) is 4.74 Å². The maximum Gasteiger partial charge on any atom is 0.0833 e. The summed E-state index contributed by atoms with van der Waals surface area (Å²) in [5.74, 6) is 0. The summed E-state index contributed by atoms with van der Waals surface area (Å²) in [7, 11) is 0. The van der Waals surface area contributed by atoms with Crippen molar-refractivity contribution < 1.29 is 9.84 Å². The van der Waals surface area contributed by atoms with Gasteiger partial charge in [-0.3, -0.25) is 0 Å². The van der Waals surface area contributed by atoms with Gasteiger partial charge in [0.05, 0.1) is 12.2 Å². The quantitative estimate of drug-likeness (QED) is 0.712. The van der Waals surface area contributed by atoms with Crippen LogP contribution in [0.5, 0.6) is 0 Å². The molecule has 0 amide bonds. The highest BCUT2D eigenvalue weighted by Crippen LogP contribution is 2.20. The summed E-state index contributed by atoms with van der Waals surface area (Å²) in [5.41, 5.74) is 0. The van der Waals surface area contributed by atoms with E-state index in [9.17, 15) is 5.11 Å². The fraction of sp³-hybridized carbons (Fsp3) is 1.00. The van der Waals surface area contributed by atoms with Crippen molar-refractivity contribution in [3.8, 4) is 0 Å². The van der Waals surface area contributed by atoms with Crippen molar-refractivity contribution in [2.24, 2.45) is 0 Å². The van der Waals surface area contributed by atoms with Gasteiger partial charge in [0.1, 0.15) is 0 Å². The van der Waals surface area contributed by atoms with Crippen LogP contribution in [0.1, 0.15) is 64.7 Å². The maximum atomic E-state index is 9.91. The molecule has 15 heavy (non-hydrogen) atoms. The second-order valence-corrected chi connectivity index (χ2v) is 4.68. The zero-order valence-corrected chi connectivity index (χ0v) is 10.1. The molecule has 0 radical (unpaired) electrons. The van der Waals surface area contributed by atoms with Crippen molar-refractivity contribution in [3.05, 3.63) is 0 Å². The topological polar surface area (TPSA) is 29.5 Å². The van der Waals surface area contributed by atoms with E-state index in [1.807, 2.05) is 0 Å². The highest BCUT2D eigenvalue weighted by molar-refractivity contribution is 4.72. The molecule has 1 fully saturated rings. The summed E-state index contributed by atoms with van der Waals surface area (Å²) in [5, 5.41) is 9.91. The first-order valence-electron chi connectivity index (χ1n) is 6.64. The zero-order valence-electron chi connectivity index (χ0n) is 10.1. The highest BCUT2D eigenvalue weighted by Gasteiger charge is 2.20. The predicted molar refractivity (Wildman–Crippen MR) is 63.0 cm³/mol. The van der Waals surface area contributed by atoms with Crippen molar-refractivity contribution in [1.29, 1.82) is 0 Å². The lowest BCUT2D eigenvalue weighted by molar-refractivity contribution is -0.0502. The Balaban J connectivity index is 2.17. The van der Waals surface area contributed by atoms with Crippen LogP contribution < -0.4 is 0 Å². The minimum absolute atomic E-state index is 0.113. The lowest BCUT2D eigenvalue weighted by Gasteiger charge is -2.25. The SMILES string of the molecule is CCCCCOC1CCCCCCC1O. The molecule has 1 aliphatic carbocycles. The zero-order chi connectivity index (χ0) is 10.9. The normalized spacial score (nSPS) is 28.4. The molecule has 0 spiro atoms. The summed E-state index contributed by atoms with van der Waals surface area (Å²) in [6.45, 7) is 3.03. The van der Waals surface area contributed by atoms with E-state index in [0.29, 0.717) is 0 Å². The summed E-state index contributed by atoms with van der Waals surface area (Å²) in [6, 6.07) is 0. The van der Waals surface area contributed by atoms with Gasteiger partial charge >= 0.3 is 0 Å². The van der Waals surface area contributed by atoms with E-state index in [0.717, 1.165) is 32.3 Å². The third kappa shape index (κ3) is 5.53. The average molecular weight is 214 g/mol. The molecule has 2 unspecified atom stereocenters. The number of hydrogen-bond acceptors (Lipinski definition) is 2. The molecule has 1 saturated carbocycles. The van der Waals surface area contributed by atoms with Crippen LogP contribution in [0.2, 0.25) is 0 Å². The largest absolute Gasteiger partial charge is 0.390 e. The Morgan fingerprint density at radius 2 is 1.80 bits per heavy atom. The van der Waals surface area contributed by atoms with Crippen LogP contribution in [0.4, 0.5) is 0 Å². The van der Waals surface area contributed by atoms with Gasteiger partial charge in [0.15, 0.2) is 0 Å². The molecule has 0 aromatic carbocycles. The molecule has 0 heterocycles. The Kier molecular flexibility index (Phi) is 7.03. The van der Waals surface area contributed by atoms with E-state index in [-0.39, 0.29) is 12.2 Å². The van der Waals surface area contributed by atoms with Gasteiger partial charge in [-0.2, -0.15) is 0 Å². The Bertz CT molecular complexity index is 147. The van der Waals surface area contributed by atoms with Crippen LogP contribution in [0, 0.1) is 0 Å². The average Bonchev–Trinajstić information content (AvgIpc) is 2.22. The Morgan fingerprint density at radius 1 is 1.07 bits per heavy atom. The van der Waals surface area contributed by atoms with Gasteiger partial charge in [-0.05, 0) is 19.3 Å². The van der Waals surface area contributed by atoms with Crippen molar-refractivity contribution in [3.63, 3.8) is 0 Å². The van der Waals surface area contributed by atoms with Crippen LogP contribution in [0.15, 0.2) is 0 Å². The van der Waals surface area contributed by atoms with Gasteiger partial charge in [0.2, 0.25) is 0 Å². The number of aliphatic hydroxyl groups excluding tert-OH is 1. The lowest BCUT2D eigenvalue weighted by Crippen LogP contribution is -2.30. The molecule has 1 N–H and O–H groups in total. The fourth-order valence-electron chi connectivity index (χ4n) is 2.21. The van der Waals surface area contributed by atoms with Crippen molar-refractivity contribution >= 4 is 0 Å². The molecular formula is C13H26O2. The molecule has 0 aromatic heterocycles. The molecule has 0 saturated heterocycles. The summed E-state index contributed by atoms with van der Waals surface area (Å²) >= 11 is 0. The maximum absolute atomic E-state index is 9.91. The van der Waals surface area contributed by atoms with E-state index < -0.39 is 0 Å². The molecule has 0 aromatic rings. The standard InChI is InChI=1S/C13H26O2/c1-2-3-8-11-15-13-10-7-5-4-6-9-12(13)14/h12-14H,2-11H2,1H3. The first kappa shape index (κ1) is 13.0. The van der Waals surface area contributed by atoms with Crippen LogP contribution >= 0.6 is 0 Å². The molecule has 2 heteroatoms. The van der Waals surface area contributed by atoms with Gasteiger partial charge < -0.3 is 9.84 Å². The molecular weight excluding hydrogens is 188 g/mol. The molecule has 2 nitrogen and oxygen atoms in total. The minimum atomic E-state index is -0.216. The van der Waals surface area contributed by atoms with Crippen molar-refractivity contribution in [1.82, 2.24) is 0 Å². The third-order valence-corrected chi connectivity index (χ3v) is 3.25. The molecule has 90 valence electrons. The molecule has 0 aliphatic heterocycles. The predicted octanol–water partition coefficient (Wildman–Crippen LogP) is 3.28. The van der Waals surface area contributed by atoms with Crippen molar-refractivity contribution in [2.45, 2.75) is 76.9 Å². The van der Waals surface area contributed by atoms with Crippen LogP contribution in [0.3, 0.4) is 0 Å². The lowest BCUT2D eigenvalue weighted by atomic mass is 9.96. The van der Waals surface area contributed by atoms with E-state index in [1.165, 1.54) is 32.1 Å². The molecule has 0 bridgehead atoms. The number of ether oxygens (including phenoxy) is 1. The highest BCUT2D eigenvalue weighted by atomic mass is 16.5. The van der Waals surface area contributed by atoms with Gasteiger partial charge in [0, 0.05) is 6.61 Å². The second-order valence-electron chi connectivity index (χ2n) is 4.68. The van der Waals surface area contributed by atoms with Gasteiger partial charge in [-0.1, -0.05) is 45.4 Å². The van der Waals surface area contributed by atoms with E-state index in [1.54, 1.807) is 0 Å². The first-order chi connectivity index (χ1) is 7.34. The Labute approximate surface area is 94.0 Å². The minimum Gasteiger partial charge on any atom is -0.390 e. The smallest absolute Gasteiger partial charge is 0.0833 e. The van der Waals surface area contributed by atoms with Gasteiger partial charge in [-0.25, -0.2) is 0 Å². The number of hydrogen-bond donors (Lipinski definition) is 1. The second kappa shape index (κ2) is 8.12. The summed E-state index contributed by atoms with van der Waals surface area (Å²) < 4.78 is 5.78. The van der Waals surface area contributed by atoms with Gasteiger partial charge in [-0.15, -0.1) is 0 Å². The monoisotopic (exact) mass is 214 g/mol. The van der Waals surface area contributed by atoms with Gasteiger partial charge in [0.25, 0.3) is 0 Å². The first-order valence-corrected chi connectivity index (χ1v) is 6.64. The molecule has 1 aliphatic rings.